The van der Waals surface area contributed by atoms with E-state index in [-0.39, 0.29) is 11.9 Å². The number of hydrogen-bond donors (Lipinski definition) is 3. The Labute approximate surface area is 238 Å². The van der Waals surface area contributed by atoms with Crippen molar-refractivity contribution in [3.8, 4) is 17.1 Å². The predicted molar refractivity (Wildman–Crippen MR) is 155 cm³/mol. The third-order valence-corrected chi connectivity index (χ3v) is 7.92. The minimum absolute atomic E-state index is 0.0424. The van der Waals surface area contributed by atoms with Gasteiger partial charge in [-0.25, -0.2) is 15.0 Å². The van der Waals surface area contributed by atoms with Crippen molar-refractivity contribution in [1.82, 2.24) is 39.5 Å². The van der Waals surface area contributed by atoms with Crippen LogP contribution in [-0.4, -0.2) is 104 Å². The van der Waals surface area contributed by atoms with Crippen LogP contribution in [0.1, 0.15) is 18.9 Å². The highest BCUT2D eigenvalue weighted by Gasteiger charge is 2.33. The van der Waals surface area contributed by atoms with Crippen molar-refractivity contribution < 1.29 is 14.3 Å². The van der Waals surface area contributed by atoms with Crippen LogP contribution in [0.4, 0.5) is 17.5 Å². The molecule has 0 bridgehead atoms. The molecule has 6 rings (SSSR count). The number of rotatable bonds is 9. The molecule has 0 saturated carbocycles. The number of carbonyl (C=O) groups excluding carboxylic acids is 1. The van der Waals surface area contributed by atoms with E-state index in [0.717, 1.165) is 73.5 Å². The zero-order valence-electron chi connectivity index (χ0n) is 23.8. The molecule has 1 atom stereocenters. The summed E-state index contributed by atoms with van der Waals surface area (Å²) >= 11 is 0. The molecule has 2 aliphatic rings. The van der Waals surface area contributed by atoms with E-state index in [9.17, 15) is 4.79 Å². The van der Waals surface area contributed by atoms with Gasteiger partial charge in [0.05, 0.1) is 49.8 Å². The Bertz CT molecular complexity index is 1540. The molecule has 2 fully saturated rings. The van der Waals surface area contributed by atoms with Crippen molar-refractivity contribution in [3.63, 3.8) is 0 Å². The van der Waals surface area contributed by atoms with Gasteiger partial charge in [-0.3, -0.25) is 19.3 Å². The van der Waals surface area contributed by atoms with Crippen molar-refractivity contribution in [1.29, 1.82) is 0 Å². The van der Waals surface area contributed by atoms with E-state index in [1.165, 1.54) is 0 Å². The molecule has 1 amide bonds. The average Bonchev–Trinajstić information content (AvgIpc) is 3.53. The summed E-state index contributed by atoms with van der Waals surface area (Å²) in [4.78, 5) is 35.3. The Hall–Kier alpha value is -4.07. The molecule has 13 nitrogen and oxygen atoms in total. The fourth-order valence-corrected chi connectivity index (χ4v) is 5.60. The first kappa shape index (κ1) is 27.1. The highest BCUT2D eigenvalue weighted by atomic mass is 16.5. The summed E-state index contributed by atoms with van der Waals surface area (Å²) in [5.41, 5.74) is 3.99. The first-order valence-corrected chi connectivity index (χ1v) is 14.0. The molecule has 13 heteroatoms. The molecule has 4 aromatic heterocycles. The van der Waals surface area contributed by atoms with Crippen LogP contribution < -0.4 is 15.4 Å². The third kappa shape index (κ3) is 5.35. The van der Waals surface area contributed by atoms with Gasteiger partial charge in [-0.05, 0) is 25.0 Å². The van der Waals surface area contributed by atoms with Gasteiger partial charge >= 0.3 is 0 Å². The second-order valence-corrected chi connectivity index (χ2v) is 10.5. The van der Waals surface area contributed by atoms with Crippen LogP contribution in [-0.2, 0) is 16.6 Å². The van der Waals surface area contributed by atoms with Gasteiger partial charge in [-0.15, -0.1) is 5.10 Å². The molecular formula is C28H36N10O3. The van der Waals surface area contributed by atoms with E-state index in [2.05, 4.69) is 47.4 Å². The summed E-state index contributed by atoms with van der Waals surface area (Å²) in [5.74, 6) is 1.34. The summed E-state index contributed by atoms with van der Waals surface area (Å²) in [5, 5.41) is 11.5. The van der Waals surface area contributed by atoms with E-state index in [1.807, 2.05) is 26.2 Å². The summed E-state index contributed by atoms with van der Waals surface area (Å²) in [6, 6.07) is 2.23. The molecule has 41 heavy (non-hydrogen) atoms. The van der Waals surface area contributed by atoms with Gasteiger partial charge in [0.2, 0.25) is 11.9 Å². The lowest BCUT2D eigenvalue weighted by molar-refractivity contribution is -0.123. The number of H-pyrrole nitrogens is 1. The molecular weight excluding hydrogens is 524 g/mol. The van der Waals surface area contributed by atoms with E-state index in [0.29, 0.717) is 29.4 Å². The van der Waals surface area contributed by atoms with Gasteiger partial charge in [-0.1, -0.05) is 6.92 Å². The fraction of sp³-hybridized carbons (Fsp3) is 0.464. The lowest BCUT2D eigenvalue weighted by Gasteiger charge is -2.44. The number of aromatic nitrogens is 6. The predicted octanol–water partition coefficient (Wildman–Crippen LogP) is 2.55. The Morgan fingerprint density at radius 3 is 2.76 bits per heavy atom. The average molecular weight is 561 g/mol. The Balaban J connectivity index is 1.21. The van der Waals surface area contributed by atoms with E-state index in [4.69, 9.17) is 14.5 Å². The number of hydrogen-bond acceptors (Lipinski definition) is 10. The molecule has 6 heterocycles. The van der Waals surface area contributed by atoms with Crippen LogP contribution >= 0.6 is 0 Å². The van der Waals surface area contributed by atoms with Gasteiger partial charge in [0.25, 0.3) is 5.88 Å². The standard InChI is InChI=1S/C28H36N10O3/c1-5-22(38-10-8-37(9-11-38)18-15-41-16-18)26(39)34-25-24-19(6-7-29-25)20(13-30-24)23-17(2)12-31-28(33-23)32-21-14-36(3)35-27(21)40-4/h6-7,12-14,18,22,30H,5,8-11,15-16H2,1-4H3,(H,29,34,39)(H,31,32,33). The smallest absolute Gasteiger partial charge is 0.256 e. The van der Waals surface area contributed by atoms with Gasteiger partial charge in [0.15, 0.2) is 5.82 Å². The van der Waals surface area contributed by atoms with Gasteiger partial charge in [-0.2, -0.15) is 0 Å². The molecule has 0 aliphatic carbocycles. The number of aryl methyl sites for hydroxylation is 2. The highest BCUT2D eigenvalue weighted by molar-refractivity contribution is 6.05. The number of nitrogens with zero attached hydrogens (tertiary/aromatic N) is 7. The molecule has 0 aromatic carbocycles. The third-order valence-electron chi connectivity index (χ3n) is 7.92. The zero-order valence-corrected chi connectivity index (χ0v) is 23.8. The number of carbonyl (C=O) groups is 1. The topological polar surface area (TPSA) is 138 Å². The fourth-order valence-electron chi connectivity index (χ4n) is 5.60. The SMILES string of the molecule is CCC(C(=O)Nc1nccc2c(-c3nc(Nc4cn(C)nc4OC)ncc3C)c[nH]c12)N1CCN(C2COC2)CC1. The first-order valence-electron chi connectivity index (χ1n) is 14.0. The van der Waals surface area contributed by atoms with Crippen molar-refractivity contribution in [2.45, 2.75) is 32.4 Å². The molecule has 2 aliphatic heterocycles. The lowest BCUT2D eigenvalue weighted by Crippen LogP contribution is -2.59. The van der Waals surface area contributed by atoms with Gasteiger partial charge < -0.3 is 25.1 Å². The Morgan fingerprint density at radius 2 is 2.05 bits per heavy atom. The largest absolute Gasteiger partial charge is 0.478 e. The second-order valence-electron chi connectivity index (χ2n) is 10.5. The second kappa shape index (κ2) is 11.4. The molecule has 0 radical (unpaired) electrons. The maximum Gasteiger partial charge on any atom is 0.256 e. The first-order chi connectivity index (χ1) is 19.9. The number of aromatic amines is 1. The monoisotopic (exact) mass is 560 g/mol. The zero-order chi connectivity index (χ0) is 28.5. The van der Waals surface area contributed by atoms with Crippen LogP contribution in [0.5, 0.6) is 5.88 Å². The van der Waals surface area contributed by atoms with Crippen LogP contribution in [0, 0.1) is 6.92 Å². The van der Waals surface area contributed by atoms with Crippen LogP contribution in [0.15, 0.2) is 30.9 Å². The van der Waals surface area contributed by atoms with Crippen molar-refractivity contribution in [2.75, 3.05) is 57.1 Å². The summed E-state index contributed by atoms with van der Waals surface area (Å²) in [7, 11) is 3.39. The summed E-state index contributed by atoms with van der Waals surface area (Å²) in [6.45, 7) is 9.29. The van der Waals surface area contributed by atoms with Crippen LogP contribution in [0.3, 0.4) is 0 Å². The van der Waals surface area contributed by atoms with Crippen molar-refractivity contribution >= 4 is 34.3 Å². The Morgan fingerprint density at radius 1 is 1.24 bits per heavy atom. The maximum atomic E-state index is 13.5. The maximum absolute atomic E-state index is 13.5. The van der Waals surface area contributed by atoms with E-state index >= 15 is 0 Å². The lowest BCUT2D eigenvalue weighted by atomic mass is 10.1. The molecule has 2 saturated heterocycles. The number of fused-ring (bicyclic) bond motifs is 1. The van der Waals surface area contributed by atoms with Gasteiger partial charge in [0.1, 0.15) is 5.69 Å². The minimum atomic E-state index is -0.219. The minimum Gasteiger partial charge on any atom is -0.478 e. The Kier molecular flexibility index (Phi) is 7.56. The molecule has 1 unspecified atom stereocenters. The van der Waals surface area contributed by atoms with Crippen LogP contribution in [0.2, 0.25) is 0 Å². The summed E-state index contributed by atoms with van der Waals surface area (Å²) in [6.07, 6.45) is 7.92. The number of nitrogens with one attached hydrogen (secondary N) is 3. The molecule has 4 aromatic rings. The quantitative estimate of drug-likeness (QED) is 0.280. The van der Waals surface area contributed by atoms with E-state index in [1.54, 1.807) is 30.4 Å². The van der Waals surface area contributed by atoms with Crippen molar-refractivity contribution in [2.24, 2.45) is 7.05 Å². The highest BCUT2D eigenvalue weighted by Crippen LogP contribution is 2.33. The molecule has 0 spiro atoms. The number of methoxy groups -OCH3 is 1. The number of anilines is 3. The molecule has 216 valence electrons. The van der Waals surface area contributed by atoms with Crippen LogP contribution in [0.25, 0.3) is 22.2 Å². The normalized spacial score (nSPS) is 17.4. The number of piperazine rings is 1. The number of amides is 1. The van der Waals surface area contributed by atoms with Crippen molar-refractivity contribution in [3.05, 3.63) is 36.4 Å². The molecule has 3 N–H and O–H groups in total. The number of pyridine rings is 1. The summed E-state index contributed by atoms with van der Waals surface area (Å²) < 4.78 is 12.4. The van der Waals surface area contributed by atoms with Gasteiger partial charge in [0, 0.05) is 62.8 Å². The van der Waals surface area contributed by atoms with E-state index < -0.39 is 0 Å². The number of ether oxygens (including phenoxy) is 2.